The lowest BCUT2D eigenvalue weighted by Gasteiger charge is -1.90. The van der Waals surface area contributed by atoms with Crippen LogP contribution in [0.15, 0.2) is 70.2 Å². The summed E-state index contributed by atoms with van der Waals surface area (Å²) < 4.78 is 9.32. The second-order valence-electron chi connectivity index (χ2n) is 5.22. The average Bonchev–Trinajstić information content (AvgIpc) is 3.40. The number of aromatic nitrogens is 4. The summed E-state index contributed by atoms with van der Waals surface area (Å²) in [6, 6.07) is 9.94. The first-order chi connectivity index (χ1) is 13.5. The first-order valence-corrected chi connectivity index (χ1v) is 8.09. The number of carbonyl (C=O) groups excluding carboxylic acids is 1. The van der Waals surface area contributed by atoms with Crippen molar-refractivity contribution in [1.29, 1.82) is 0 Å². The van der Waals surface area contributed by atoms with E-state index >= 15 is 0 Å². The van der Waals surface area contributed by atoms with E-state index in [0.29, 0.717) is 11.4 Å². The van der Waals surface area contributed by atoms with Crippen molar-refractivity contribution in [1.82, 2.24) is 20.3 Å². The molecule has 0 fully saturated rings. The van der Waals surface area contributed by atoms with E-state index < -0.39 is 11.2 Å². The number of rotatable bonds is 4. The number of carbonyl (C=O) groups is 2. The first kappa shape index (κ1) is 18.9. The molecule has 0 saturated carbocycles. The Hall–Kier alpha value is -3.85. The van der Waals surface area contributed by atoms with Crippen LogP contribution in [0.25, 0.3) is 22.5 Å². The molecule has 140 valence electrons. The van der Waals surface area contributed by atoms with Gasteiger partial charge in [0.15, 0.2) is 0 Å². The van der Waals surface area contributed by atoms with Gasteiger partial charge in [-0.1, -0.05) is 10.3 Å². The smallest absolute Gasteiger partial charge is 0.374 e. The van der Waals surface area contributed by atoms with Crippen molar-refractivity contribution >= 4 is 22.8 Å². The minimum atomic E-state index is -1.13. The molecular weight excluding hydrogens is 388 g/mol. The molecule has 0 saturated heterocycles. The molecule has 0 amide bonds. The number of hydrogen-bond donors (Lipinski definition) is 1. The van der Waals surface area contributed by atoms with Crippen LogP contribution in [0, 0.1) is 0 Å². The van der Waals surface area contributed by atoms with Gasteiger partial charge in [0.05, 0.1) is 0 Å². The van der Waals surface area contributed by atoms with Crippen molar-refractivity contribution in [3.63, 3.8) is 0 Å². The van der Waals surface area contributed by atoms with Crippen LogP contribution < -0.4 is 0 Å². The summed E-state index contributed by atoms with van der Waals surface area (Å²) in [6.07, 6.45) is 6.49. The lowest BCUT2D eigenvalue weighted by Crippen LogP contribution is -1.91. The quantitative estimate of drug-likeness (QED) is 0.512. The van der Waals surface area contributed by atoms with E-state index in [1.807, 2.05) is 6.07 Å². The molecule has 4 rings (SSSR count). The number of pyridine rings is 2. The summed E-state index contributed by atoms with van der Waals surface area (Å²) >= 11 is 5.22. The van der Waals surface area contributed by atoms with Crippen LogP contribution in [-0.2, 0) is 0 Å². The zero-order valence-electron chi connectivity index (χ0n) is 14.0. The molecular formula is C18H11ClN4O5. The van der Waals surface area contributed by atoms with Crippen molar-refractivity contribution in [3.05, 3.63) is 72.7 Å². The van der Waals surface area contributed by atoms with Crippen molar-refractivity contribution in [2.45, 2.75) is 0 Å². The third-order valence-corrected chi connectivity index (χ3v) is 3.53. The summed E-state index contributed by atoms with van der Waals surface area (Å²) in [7, 11) is 0. The molecule has 0 spiro atoms. The maximum absolute atomic E-state index is 10.7. The maximum atomic E-state index is 10.7. The van der Waals surface area contributed by atoms with Crippen molar-refractivity contribution in [3.8, 4) is 22.5 Å². The molecule has 4 aromatic rings. The topological polar surface area (TPSA) is 132 Å². The number of carboxylic acids is 1. The molecule has 10 heteroatoms. The zero-order valence-corrected chi connectivity index (χ0v) is 14.8. The summed E-state index contributed by atoms with van der Waals surface area (Å²) in [4.78, 5) is 29.0. The van der Waals surface area contributed by atoms with E-state index in [1.54, 1.807) is 43.0 Å². The zero-order chi connectivity index (χ0) is 19.9. The van der Waals surface area contributed by atoms with Crippen LogP contribution in [0.4, 0.5) is 0 Å². The fraction of sp³-hybridized carbons (Fsp3) is 0. The maximum Gasteiger partial charge on any atom is 0.374 e. The molecule has 0 aliphatic heterocycles. The van der Waals surface area contributed by atoms with Gasteiger partial charge in [-0.05, 0) is 35.9 Å². The second kappa shape index (κ2) is 8.69. The minimum Gasteiger partial charge on any atom is -0.475 e. The Morgan fingerprint density at radius 3 is 1.71 bits per heavy atom. The van der Waals surface area contributed by atoms with E-state index in [1.165, 1.54) is 12.1 Å². The second-order valence-corrected chi connectivity index (χ2v) is 5.56. The van der Waals surface area contributed by atoms with Gasteiger partial charge in [-0.15, -0.1) is 0 Å². The van der Waals surface area contributed by atoms with E-state index in [2.05, 4.69) is 24.8 Å². The van der Waals surface area contributed by atoms with E-state index in [0.717, 1.165) is 11.1 Å². The lowest BCUT2D eigenvalue weighted by molar-refractivity contribution is 0.0652. The highest BCUT2D eigenvalue weighted by atomic mass is 35.5. The molecule has 4 heterocycles. The highest BCUT2D eigenvalue weighted by molar-refractivity contribution is 6.67. The Labute approximate surface area is 162 Å². The summed E-state index contributed by atoms with van der Waals surface area (Å²) in [6.45, 7) is 0. The molecule has 1 N–H and O–H groups in total. The van der Waals surface area contributed by atoms with Crippen LogP contribution in [0.3, 0.4) is 0 Å². The number of aromatic carboxylic acids is 1. The molecule has 0 aromatic carbocycles. The molecule has 0 unspecified atom stereocenters. The molecule has 4 aromatic heterocycles. The predicted octanol–water partition coefficient (Wildman–Crippen LogP) is 3.55. The number of carboxylic acid groups (broad SMARTS) is 1. The molecule has 9 nitrogen and oxygen atoms in total. The molecule has 0 radical (unpaired) electrons. The normalized spacial score (nSPS) is 10.0. The molecule has 0 bridgehead atoms. The Morgan fingerprint density at radius 2 is 1.36 bits per heavy atom. The van der Waals surface area contributed by atoms with Gasteiger partial charge in [-0.3, -0.25) is 14.8 Å². The summed E-state index contributed by atoms with van der Waals surface area (Å²) in [5, 5.41) is 15.2. The summed E-state index contributed by atoms with van der Waals surface area (Å²) in [5.74, 6) is -1.28. The third-order valence-electron chi connectivity index (χ3n) is 3.34. The first-order valence-electron chi connectivity index (χ1n) is 7.72. The van der Waals surface area contributed by atoms with E-state index in [-0.39, 0.29) is 11.5 Å². The largest absolute Gasteiger partial charge is 0.475 e. The fourth-order valence-electron chi connectivity index (χ4n) is 2.04. The van der Waals surface area contributed by atoms with E-state index in [4.69, 9.17) is 21.2 Å². The Balaban J connectivity index is 0.000000161. The highest BCUT2D eigenvalue weighted by Crippen LogP contribution is 2.18. The fourth-order valence-corrected chi connectivity index (χ4v) is 2.13. The van der Waals surface area contributed by atoms with Gasteiger partial charge >= 0.3 is 5.97 Å². The van der Waals surface area contributed by atoms with Crippen LogP contribution in [0.5, 0.6) is 0 Å². The molecule has 0 aliphatic rings. The van der Waals surface area contributed by atoms with Crippen molar-refractivity contribution in [2.24, 2.45) is 0 Å². The predicted molar refractivity (Wildman–Crippen MR) is 96.6 cm³/mol. The number of nitrogens with zero attached hydrogens (tertiary/aromatic N) is 4. The van der Waals surface area contributed by atoms with Gasteiger partial charge in [0, 0.05) is 48.0 Å². The monoisotopic (exact) mass is 398 g/mol. The van der Waals surface area contributed by atoms with E-state index in [9.17, 15) is 9.59 Å². The van der Waals surface area contributed by atoms with Gasteiger partial charge in [0.2, 0.25) is 11.5 Å². The average molecular weight is 399 g/mol. The Morgan fingerprint density at radius 1 is 0.857 bits per heavy atom. The van der Waals surface area contributed by atoms with Gasteiger partial charge in [-0.2, -0.15) is 0 Å². The van der Waals surface area contributed by atoms with Crippen molar-refractivity contribution in [2.75, 3.05) is 0 Å². The van der Waals surface area contributed by atoms with Crippen LogP contribution in [-0.4, -0.2) is 36.6 Å². The van der Waals surface area contributed by atoms with Gasteiger partial charge in [-0.25, -0.2) is 4.79 Å². The number of hydrogen-bond acceptors (Lipinski definition) is 8. The van der Waals surface area contributed by atoms with Crippen LogP contribution in [0.1, 0.15) is 21.1 Å². The third kappa shape index (κ3) is 4.65. The standard InChI is InChI=1S/C9H5ClN2O2.C9H6N2O3/c10-9(13)8-4-7(12-14-8)6-2-1-3-11-5-6;12-9(13)8-4-7(11-14-8)6-2-1-3-10-5-6/h1-5H;1-5H,(H,12,13). The van der Waals surface area contributed by atoms with Gasteiger partial charge in [0.1, 0.15) is 11.4 Å². The van der Waals surface area contributed by atoms with Crippen molar-refractivity contribution < 1.29 is 23.7 Å². The number of halogens is 1. The Bertz CT molecular complexity index is 992. The minimum absolute atomic E-state index is 0.0329. The van der Waals surface area contributed by atoms with Crippen LogP contribution in [0.2, 0.25) is 0 Å². The molecule has 28 heavy (non-hydrogen) atoms. The Kier molecular flexibility index (Phi) is 5.87. The van der Waals surface area contributed by atoms with Gasteiger partial charge < -0.3 is 14.2 Å². The molecule has 0 atom stereocenters. The van der Waals surface area contributed by atoms with Gasteiger partial charge in [0.25, 0.3) is 5.24 Å². The SMILES string of the molecule is O=C(Cl)c1cc(-c2cccnc2)no1.O=C(O)c1cc(-c2cccnc2)no1. The lowest BCUT2D eigenvalue weighted by atomic mass is 10.2. The van der Waals surface area contributed by atoms with Crippen LogP contribution >= 0.6 is 11.6 Å². The molecule has 0 aliphatic carbocycles. The highest BCUT2D eigenvalue weighted by Gasteiger charge is 2.12. The summed E-state index contributed by atoms with van der Waals surface area (Å²) in [5.41, 5.74) is 2.52.